The molecule has 0 aromatic carbocycles. The van der Waals surface area contributed by atoms with Crippen molar-refractivity contribution < 1.29 is 14.3 Å². The highest BCUT2D eigenvalue weighted by molar-refractivity contribution is 5.99. The molecule has 0 unspecified atom stereocenters. The maximum absolute atomic E-state index is 12.6. The van der Waals surface area contributed by atoms with Crippen LogP contribution < -0.4 is 0 Å². The second kappa shape index (κ2) is 4.69. The summed E-state index contributed by atoms with van der Waals surface area (Å²) in [5.74, 6) is 0.990. The summed E-state index contributed by atoms with van der Waals surface area (Å²) in [7, 11) is 0. The lowest BCUT2D eigenvalue weighted by atomic mass is 9.62. The third-order valence-electron chi connectivity index (χ3n) is 6.90. The summed E-state index contributed by atoms with van der Waals surface area (Å²) in [5, 5.41) is 0. The van der Waals surface area contributed by atoms with E-state index >= 15 is 0 Å². The molecule has 5 atom stereocenters. The minimum Gasteiger partial charge on any atom is -0.465 e. The van der Waals surface area contributed by atoms with E-state index in [1.54, 1.807) is 0 Å². The lowest BCUT2D eigenvalue weighted by Crippen LogP contribution is -2.40. The second-order valence-electron chi connectivity index (χ2n) is 8.59. The van der Waals surface area contributed by atoms with Gasteiger partial charge in [0.05, 0.1) is 12.5 Å². The maximum Gasteiger partial charge on any atom is 0.308 e. The fourth-order valence-corrected chi connectivity index (χ4v) is 5.89. The largest absolute Gasteiger partial charge is 0.465 e. The smallest absolute Gasteiger partial charge is 0.308 e. The van der Waals surface area contributed by atoms with Crippen molar-refractivity contribution in [2.45, 2.75) is 53.9 Å². The monoisotopic (exact) mass is 304 g/mol. The van der Waals surface area contributed by atoms with E-state index < -0.39 is 0 Å². The fraction of sp³-hybridized carbons (Fsp3) is 0.789. The van der Waals surface area contributed by atoms with Gasteiger partial charge in [0.1, 0.15) is 0 Å². The first kappa shape index (κ1) is 15.8. The first-order valence-corrected chi connectivity index (χ1v) is 8.58. The number of esters is 1. The van der Waals surface area contributed by atoms with E-state index in [-0.39, 0.29) is 33.9 Å². The molecule has 0 aromatic rings. The van der Waals surface area contributed by atoms with E-state index in [9.17, 15) is 9.59 Å². The number of allylic oxidation sites excluding steroid dienone is 2. The van der Waals surface area contributed by atoms with Gasteiger partial charge in [-0.1, -0.05) is 40.7 Å². The van der Waals surface area contributed by atoms with Crippen molar-refractivity contribution in [1.29, 1.82) is 0 Å². The van der Waals surface area contributed by atoms with E-state index in [4.69, 9.17) is 4.74 Å². The van der Waals surface area contributed by atoms with Gasteiger partial charge in [-0.05, 0) is 37.2 Å². The molecule has 0 aliphatic heterocycles. The van der Waals surface area contributed by atoms with Gasteiger partial charge in [-0.3, -0.25) is 9.59 Å². The standard InChI is InChI=1S/C19H28O3/c1-12(2)16(21)22-11-17(4)10-18(5)15(20)8-9-19(18)13(3)6-7-14(17)19/h8-9,12-14H,6-7,10-11H2,1-5H3/t13-,14+,17+,18-,19+/m0/s1. The van der Waals surface area contributed by atoms with Gasteiger partial charge in [0, 0.05) is 16.2 Å². The molecule has 0 N–H and O–H groups in total. The van der Waals surface area contributed by atoms with Crippen LogP contribution in [0.15, 0.2) is 12.2 Å². The van der Waals surface area contributed by atoms with Crippen LogP contribution in [0.1, 0.15) is 53.9 Å². The average molecular weight is 304 g/mol. The number of hydrogen-bond acceptors (Lipinski definition) is 3. The van der Waals surface area contributed by atoms with E-state index in [0.29, 0.717) is 18.4 Å². The third kappa shape index (κ3) is 1.74. The summed E-state index contributed by atoms with van der Waals surface area (Å²) in [5.41, 5.74) is -0.430. The molecule has 0 bridgehead atoms. The third-order valence-corrected chi connectivity index (χ3v) is 6.90. The Labute approximate surface area is 133 Å². The Balaban J connectivity index is 1.92. The number of rotatable bonds is 3. The topological polar surface area (TPSA) is 43.4 Å². The summed E-state index contributed by atoms with van der Waals surface area (Å²) in [6.45, 7) is 10.8. The number of ketones is 1. The molecule has 2 fully saturated rings. The Morgan fingerprint density at radius 3 is 2.68 bits per heavy atom. The molecular weight excluding hydrogens is 276 g/mol. The van der Waals surface area contributed by atoms with E-state index in [0.717, 1.165) is 19.3 Å². The number of carbonyl (C=O) groups excluding carboxylic acids is 2. The van der Waals surface area contributed by atoms with Gasteiger partial charge in [-0.2, -0.15) is 0 Å². The second-order valence-corrected chi connectivity index (χ2v) is 8.59. The molecule has 1 spiro atoms. The molecule has 0 heterocycles. The molecule has 22 heavy (non-hydrogen) atoms. The Bertz CT molecular complexity index is 549. The zero-order valence-corrected chi connectivity index (χ0v) is 14.4. The van der Waals surface area contributed by atoms with E-state index in [1.165, 1.54) is 0 Å². The lowest BCUT2D eigenvalue weighted by Gasteiger charge is -2.40. The molecule has 0 saturated heterocycles. The molecule has 3 rings (SSSR count). The summed E-state index contributed by atoms with van der Waals surface area (Å²) < 4.78 is 5.60. The van der Waals surface area contributed by atoms with Crippen molar-refractivity contribution in [1.82, 2.24) is 0 Å². The van der Waals surface area contributed by atoms with Crippen LogP contribution in [0.4, 0.5) is 0 Å². The predicted molar refractivity (Wildman–Crippen MR) is 85.1 cm³/mol. The van der Waals surface area contributed by atoms with Crippen LogP contribution in [0.5, 0.6) is 0 Å². The van der Waals surface area contributed by atoms with Gasteiger partial charge < -0.3 is 4.74 Å². The fourth-order valence-electron chi connectivity index (χ4n) is 5.89. The van der Waals surface area contributed by atoms with Crippen LogP contribution in [0.3, 0.4) is 0 Å². The molecule has 2 saturated carbocycles. The van der Waals surface area contributed by atoms with Gasteiger partial charge in [0.25, 0.3) is 0 Å². The van der Waals surface area contributed by atoms with Crippen LogP contribution in [0.25, 0.3) is 0 Å². The van der Waals surface area contributed by atoms with Gasteiger partial charge in [0.15, 0.2) is 5.78 Å². The molecule has 0 radical (unpaired) electrons. The Morgan fingerprint density at radius 2 is 2.05 bits per heavy atom. The summed E-state index contributed by atoms with van der Waals surface area (Å²) in [4.78, 5) is 24.5. The molecule has 3 heteroatoms. The van der Waals surface area contributed by atoms with E-state index in [2.05, 4.69) is 26.8 Å². The van der Waals surface area contributed by atoms with Crippen LogP contribution in [-0.4, -0.2) is 18.4 Å². The van der Waals surface area contributed by atoms with Crippen molar-refractivity contribution >= 4 is 11.8 Å². The zero-order valence-electron chi connectivity index (χ0n) is 14.4. The first-order chi connectivity index (χ1) is 10.2. The highest BCUT2D eigenvalue weighted by Gasteiger charge is 2.72. The minimum atomic E-state index is -0.313. The van der Waals surface area contributed by atoms with Crippen LogP contribution in [-0.2, 0) is 14.3 Å². The quantitative estimate of drug-likeness (QED) is 0.745. The highest BCUT2D eigenvalue weighted by atomic mass is 16.5. The molecular formula is C19H28O3. The minimum absolute atomic E-state index is 0.0247. The van der Waals surface area contributed by atoms with Gasteiger partial charge in [-0.25, -0.2) is 0 Å². The Morgan fingerprint density at radius 1 is 1.36 bits per heavy atom. The van der Waals surface area contributed by atoms with Crippen LogP contribution >= 0.6 is 0 Å². The molecule has 0 aromatic heterocycles. The van der Waals surface area contributed by atoms with Crippen LogP contribution in [0.2, 0.25) is 0 Å². The Hall–Kier alpha value is -1.12. The summed E-state index contributed by atoms with van der Waals surface area (Å²) in [6, 6.07) is 0. The zero-order chi connectivity index (χ0) is 16.3. The summed E-state index contributed by atoms with van der Waals surface area (Å²) >= 11 is 0. The Kier molecular flexibility index (Phi) is 3.36. The molecule has 3 nitrogen and oxygen atoms in total. The van der Waals surface area contributed by atoms with Crippen molar-refractivity contribution in [3.05, 3.63) is 12.2 Å². The van der Waals surface area contributed by atoms with Crippen molar-refractivity contribution in [3.63, 3.8) is 0 Å². The first-order valence-electron chi connectivity index (χ1n) is 8.58. The summed E-state index contributed by atoms with van der Waals surface area (Å²) in [6.07, 6.45) is 7.13. The molecule has 3 aliphatic carbocycles. The number of hydrogen-bond donors (Lipinski definition) is 0. The van der Waals surface area contributed by atoms with Crippen LogP contribution in [0, 0.1) is 34.0 Å². The predicted octanol–water partition coefficient (Wildman–Crippen LogP) is 3.77. The maximum atomic E-state index is 12.6. The van der Waals surface area contributed by atoms with E-state index in [1.807, 2.05) is 19.9 Å². The normalized spacial score (nSPS) is 46.2. The van der Waals surface area contributed by atoms with Gasteiger partial charge >= 0.3 is 5.97 Å². The SMILES string of the molecule is CC(C)C(=O)OC[C@@]1(C)C[C@@]2(C)C(=O)C=C[C@@]23[C@@H]1CC[C@@H]3C. The average Bonchev–Trinajstić information content (AvgIpc) is 2.97. The molecule has 122 valence electrons. The molecule has 0 amide bonds. The van der Waals surface area contributed by atoms with Crippen molar-refractivity contribution in [2.75, 3.05) is 6.61 Å². The van der Waals surface area contributed by atoms with Crippen molar-refractivity contribution in [3.8, 4) is 0 Å². The number of carbonyl (C=O) groups is 2. The number of ether oxygens (including phenoxy) is 1. The van der Waals surface area contributed by atoms with Gasteiger partial charge in [-0.15, -0.1) is 0 Å². The highest BCUT2D eigenvalue weighted by Crippen LogP contribution is 2.74. The lowest BCUT2D eigenvalue weighted by molar-refractivity contribution is -0.151. The molecule has 3 aliphatic rings. The van der Waals surface area contributed by atoms with Crippen molar-refractivity contribution in [2.24, 2.45) is 34.0 Å². The van der Waals surface area contributed by atoms with Gasteiger partial charge in [0.2, 0.25) is 0 Å².